The fraction of sp³-hybridized carbons (Fsp3) is 0.333. The van der Waals surface area contributed by atoms with E-state index in [9.17, 15) is 5.11 Å². The summed E-state index contributed by atoms with van der Waals surface area (Å²) in [5, 5.41) is 12.3. The molecule has 0 spiro atoms. The molecule has 1 N–H and O–H groups in total. The molecule has 2 aromatic rings. The summed E-state index contributed by atoms with van der Waals surface area (Å²) in [4.78, 5) is 0. The number of phenols is 1. The number of benzene rings is 2. The lowest BCUT2D eigenvalue weighted by molar-refractivity contribution is 0.475. The summed E-state index contributed by atoms with van der Waals surface area (Å²) >= 11 is 0. The Labute approximate surface area is 96.7 Å². The first-order chi connectivity index (χ1) is 7.77. The largest absolute Gasteiger partial charge is 0.507 e. The standard InChI is InChI=1S/C15H18O/c1-3-7-12-10-11(4-2)15(16)14-9-6-5-8-13(12)14/h5-6,8-10,16H,3-4,7H2,1-2H3. The maximum atomic E-state index is 10.1. The Morgan fingerprint density at radius 1 is 1.00 bits per heavy atom. The summed E-state index contributed by atoms with van der Waals surface area (Å²) in [5.74, 6) is 0.456. The highest BCUT2D eigenvalue weighted by molar-refractivity contribution is 5.92. The quantitative estimate of drug-likeness (QED) is 0.816. The van der Waals surface area contributed by atoms with Gasteiger partial charge < -0.3 is 5.11 Å². The summed E-state index contributed by atoms with van der Waals surface area (Å²) in [6.45, 7) is 4.27. The van der Waals surface area contributed by atoms with Crippen LogP contribution < -0.4 is 0 Å². The lowest BCUT2D eigenvalue weighted by Gasteiger charge is -2.11. The zero-order valence-electron chi connectivity index (χ0n) is 9.96. The van der Waals surface area contributed by atoms with E-state index in [-0.39, 0.29) is 0 Å². The summed E-state index contributed by atoms with van der Waals surface area (Å²) < 4.78 is 0. The minimum Gasteiger partial charge on any atom is -0.507 e. The third-order valence-electron chi connectivity index (χ3n) is 3.08. The van der Waals surface area contributed by atoms with Crippen molar-refractivity contribution in [3.8, 4) is 5.75 Å². The lowest BCUT2D eigenvalue weighted by atomic mass is 9.96. The molecule has 2 rings (SSSR count). The van der Waals surface area contributed by atoms with E-state index in [1.54, 1.807) is 0 Å². The van der Waals surface area contributed by atoms with Crippen LogP contribution in [0.4, 0.5) is 0 Å². The van der Waals surface area contributed by atoms with Crippen LogP contribution >= 0.6 is 0 Å². The van der Waals surface area contributed by atoms with Gasteiger partial charge in [-0.15, -0.1) is 0 Å². The Kier molecular flexibility index (Phi) is 3.14. The van der Waals surface area contributed by atoms with Gasteiger partial charge in [-0.2, -0.15) is 0 Å². The van der Waals surface area contributed by atoms with E-state index in [1.165, 1.54) is 10.9 Å². The first-order valence-electron chi connectivity index (χ1n) is 6.00. The van der Waals surface area contributed by atoms with Crippen molar-refractivity contribution in [2.45, 2.75) is 33.1 Å². The van der Waals surface area contributed by atoms with Crippen LogP contribution in [0, 0.1) is 0 Å². The fourth-order valence-electron chi connectivity index (χ4n) is 2.24. The van der Waals surface area contributed by atoms with Crippen molar-refractivity contribution >= 4 is 10.8 Å². The summed E-state index contributed by atoms with van der Waals surface area (Å²) in [5.41, 5.74) is 2.41. The van der Waals surface area contributed by atoms with E-state index in [0.29, 0.717) is 5.75 Å². The number of hydrogen-bond donors (Lipinski definition) is 1. The van der Waals surface area contributed by atoms with Crippen LogP contribution in [0.1, 0.15) is 31.4 Å². The Morgan fingerprint density at radius 2 is 1.69 bits per heavy atom. The van der Waals surface area contributed by atoms with Gasteiger partial charge in [0.15, 0.2) is 0 Å². The number of rotatable bonds is 3. The zero-order chi connectivity index (χ0) is 11.5. The van der Waals surface area contributed by atoms with E-state index >= 15 is 0 Å². The van der Waals surface area contributed by atoms with Crippen molar-refractivity contribution in [2.75, 3.05) is 0 Å². The molecule has 0 radical (unpaired) electrons. The Morgan fingerprint density at radius 3 is 2.31 bits per heavy atom. The van der Waals surface area contributed by atoms with Gasteiger partial charge in [-0.3, -0.25) is 0 Å². The average molecular weight is 214 g/mol. The predicted molar refractivity (Wildman–Crippen MR) is 69.0 cm³/mol. The van der Waals surface area contributed by atoms with E-state index in [4.69, 9.17) is 0 Å². The average Bonchev–Trinajstić information content (AvgIpc) is 2.33. The van der Waals surface area contributed by atoms with Crippen molar-refractivity contribution in [1.29, 1.82) is 0 Å². The zero-order valence-corrected chi connectivity index (χ0v) is 9.96. The Balaban J connectivity index is 2.74. The van der Waals surface area contributed by atoms with Crippen LogP contribution in [-0.4, -0.2) is 5.11 Å². The minimum atomic E-state index is 0.456. The molecule has 1 heteroatoms. The van der Waals surface area contributed by atoms with E-state index in [1.807, 2.05) is 18.2 Å². The molecule has 2 aromatic carbocycles. The smallest absolute Gasteiger partial charge is 0.126 e. The highest BCUT2D eigenvalue weighted by Gasteiger charge is 2.08. The molecule has 0 fully saturated rings. The third kappa shape index (κ3) is 1.78. The molecule has 0 unspecified atom stereocenters. The summed E-state index contributed by atoms with van der Waals surface area (Å²) in [6.07, 6.45) is 3.10. The molecule has 84 valence electrons. The van der Waals surface area contributed by atoms with E-state index in [2.05, 4.69) is 26.0 Å². The molecule has 0 atom stereocenters. The molecule has 1 nitrogen and oxygen atoms in total. The number of aryl methyl sites for hydroxylation is 2. The van der Waals surface area contributed by atoms with Gasteiger partial charge in [0, 0.05) is 5.39 Å². The van der Waals surface area contributed by atoms with Gasteiger partial charge in [0.1, 0.15) is 5.75 Å². The van der Waals surface area contributed by atoms with Crippen LogP contribution in [0.15, 0.2) is 30.3 Å². The number of phenolic OH excluding ortho intramolecular Hbond substituents is 1. The van der Waals surface area contributed by atoms with Crippen LogP contribution in [0.25, 0.3) is 10.8 Å². The maximum Gasteiger partial charge on any atom is 0.126 e. The second-order valence-electron chi connectivity index (χ2n) is 4.19. The maximum absolute atomic E-state index is 10.1. The van der Waals surface area contributed by atoms with Crippen molar-refractivity contribution in [1.82, 2.24) is 0 Å². The number of aromatic hydroxyl groups is 1. The van der Waals surface area contributed by atoms with Crippen LogP contribution in [0.5, 0.6) is 5.75 Å². The normalized spacial score (nSPS) is 10.9. The molecule has 0 amide bonds. The molecule has 0 saturated heterocycles. The van der Waals surface area contributed by atoms with Crippen molar-refractivity contribution in [2.24, 2.45) is 0 Å². The second-order valence-corrected chi connectivity index (χ2v) is 4.19. The fourth-order valence-corrected chi connectivity index (χ4v) is 2.24. The van der Waals surface area contributed by atoms with Crippen LogP contribution in [0.3, 0.4) is 0 Å². The molecular weight excluding hydrogens is 196 g/mol. The number of hydrogen-bond acceptors (Lipinski definition) is 1. The molecule has 16 heavy (non-hydrogen) atoms. The summed E-state index contributed by atoms with van der Waals surface area (Å²) in [7, 11) is 0. The topological polar surface area (TPSA) is 20.2 Å². The second kappa shape index (κ2) is 4.56. The molecule has 0 bridgehead atoms. The van der Waals surface area contributed by atoms with Crippen molar-refractivity contribution < 1.29 is 5.11 Å². The van der Waals surface area contributed by atoms with Crippen molar-refractivity contribution in [3.05, 3.63) is 41.5 Å². The molecular formula is C15H18O. The van der Waals surface area contributed by atoms with Gasteiger partial charge in [-0.25, -0.2) is 0 Å². The first-order valence-corrected chi connectivity index (χ1v) is 6.00. The van der Waals surface area contributed by atoms with E-state index in [0.717, 1.165) is 30.2 Å². The SMILES string of the molecule is CCCc1cc(CC)c(O)c2ccccc12. The Bertz CT molecular complexity index is 500. The van der Waals surface area contributed by atoms with Gasteiger partial charge in [0.25, 0.3) is 0 Å². The molecule has 0 aliphatic rings. The Hall–Kier alpha value is -1.50. The molecule has 0 heterocycles. The van der Waals surface area contributed by atoms with Gasteiger partial charge >= 0.3 is 0 Å². The highest BCUT2D eigenvalue weighted by atomic mass is 16.3. The highest BCUT2D eigenvalue weighted by Crippen LogP contribution is 2.32. The molecule has 0 aliphatic carbocycles. The van der Waals surface area contributed by atoms with Gasteiger partial charge in [-0.1, -0.05) is 50.6 Å². The third-order valence-corrected chi connectivity index (χ3v) is 3.08. The summed E-state index contributed by atoms with van der Waals surface area (Å²) in [6, 6.07) is 10.3. The first kappa shape index (κ1) is 11.0. The van der Waals surface area contributed by atoms with Crippen LogP contribution in [-0.2, 0) is 12.8 Å². The van der Waals surface area contributed by atoms with Crippen LogP contribution in [0.2, 0.25) is 0 Å². The number of fused-ring (bicyclic) bond motifs is 1. The minimum absolute atomic E-state index is 0.456. The van der Waals surface area contributed by atoms with Gasteiger partial charge in [-0.05, 0) is 29.4 Å². The van der Waals surface area contributed by atoms with E-state index < -0.39 is 0 Å². The van der Waals surface area contributed by atoms with Crippen molar-refractivity contribution in [3.63, 3.8) is 0 Å². The molecule has 0 saturated carbocycles. The van der Waals surface area contributed by atoms with Gasteiger partial charge in [0.2, 0.25) is 0 Å². The van der Waals surface area contributed by atoms with Gasteiger partial charge in [0.05, 0.1) is 0 Å². The monoisotopic (exact) mass is 214 g/mol. The predicted octanol–water partition coefficient (Wildman–Crippen LogP) is 4.06. The lowest BCUT2D eigenvalue weighted by Crippen LogP contribution is -1.91. The molecule has 0 aliphatic heterocycles. The molecule has 0 aromatic heterocycles.